The molecule has 3 nitrogen and oxygen atoms in total. The maximum absolute atomic E-state index is 13.5. The fourth-order valence-electron chi connectivity index (χ4n) is 4.66. The number of hydrogen-bond acceptors (Lipinski definition) is 3. The van der Waals surface area contributed by atoms with Gasteiger partial charge in [-0.25, -0.2) is 0 Å². The second-order valence-electron chi connectivity index (χ2n) is 9.74. The second kappa shape index (κ2) is 6.12. The van der Waals surface area contributed by atoms with E-state index < -0.39 is 27.3 Å². The van der Waals surface area contributed by atoms with Gasteiger partial charge in [0.2, 0.25) is 0 Å². The fourth-order valence-corrected chi connectivity index (χ4v) is 5.10. The van der Waals surface area contributed by atoms with E-state index in [0.717, 1.165) is 21.9 Å². The summed E-state index contributed by atoms with van der Waals surface area (Å²) in [4.78, 5) is 13.5. The van der Waals surface area contributed by atoms with Crippen LogP contribution in [0.3, 0.4) is 0 Å². The molecule has 2 atom stereocenters. The predicted molar refractivity (Wildman–Crippen MR) is 140 cm³/mol. The Hall–Kier alpha value is -0.251. The van der Waals surface area contributed by atoms with Gasteiger partial charge in [-0.3, -0.25) is 4.79 Å². The Balaban J connectivity index is 3.00. The highest BCUT2D eigenvalue weighted by atomic mass is 35.5. The molecule has 1 aliphatic rings. The average Bonchev–Trinajstić information content (AvgIpc) is 2.55. The summed E-state index contributed by atoms with van der Waals surface area (Å²) in [7, 11) is 20.1. The zero-order valence-corrected chi connectivity index (χ0v) is 18.6. The first-order chi connectivity index (χ1) is 11.5. The molecular formula is C12H24B10ClNO2. The quantitative estimate of drug-likeness (QED) is 0.491. The van der Waals surface area contributed by atoms with Gasteiger partial charge in [0.05, 0.1) is 21.2 Å². The van der Waals surface area contributed by atoms with E-state index in [0.29, 0.717) is 10.6 Å². The molecule has 1 aromatic rings. The van der Waals surface area contributed by atoms with E-state index >= 15 is 0 Å². The number of aliphatic hydroxyl groups is 1. The first-order valence-electron chi connectivity index (χ1n) is 9.27. The van der Waals surface area contributed by atoms with Crippen LogP contribution in [0.4, 0.5) is 0 Å². The summed E-state index contributed by atoms with van der Waals surface area (Å²) in [5.74, 6) is -0.348. The highest BCUT2D eigenvalue weighted by Crippen LogP contribution is 2.68. The van der Waals surface area contributed by atoms with E-state index in [1.807, 2.05) is 62.8 Å². The van der Waals surface area contributed by atoms with Crippen LogP contribution in [0.5, 0.6) is 0 Å². The van der Waals surface area contributed by atoms with Crippen molar-refractivity contribution in [1.82, 2.24) is 0 Å². The van der Waals surface area contributed by atoms with Gasteiger partial charge in [0.15, 0.2) is 5.78 Å². The van der Waals surface area contributed by atoms with Gasteiger partial charge in [-0.15, -0.1) is 10.9 Å². The van der Waals surface area contributed by atoms with Crippen molar-refractivity contribution in [1.29, 1.82) is 0 Å². The van der Waals surface area contributed by atoms with Crippen molar-refractivity contribution in [2.75, 3.05) is 0 Å². The number of ketones is 1. The SMILES string of the molecule is Bc1c(B)c(B)c(C2(N)C(=O)C(O)C(B)(B)C(B)(B)C2(B)B)c(Cl)c1B. The monoisotopic (exact) mass is 359 g/mol. The molecule has 26 heavy (non-hydrogen) atoms. The third-order valence-electron chi connectivity index (χ3n) is 8.49. The molecule has 0 bridgehead atoms. The Morgan fingerprint density at radius 2 is 1.27 bits per heavy atom. The van der Waals surface area contributed by atoms with Gasteiger partial charge in [0.25, 0.3) is 0 Å². The van der Waals surface area contributed by atoms with Gasteiger partial charge in [-0.1, -0.05) is 38.2 Å². The third-order valence-corrected chi connectivity index (χ3v) is 8.96. The van der Waals surface area contributed by atoms with Crippen molar-refractivity contribution in [3.63, 3.8) is 0 Å². The summed E-state index contributed by atoms with van der Waals surface area (Å²) < 4.78 is 0. The van der Waals surface area contributed by atoms with Gasteiger partial charge >= 0.3 is 0 Å². The van der Waals surface area contributed by atoms with Crippen LogP contribution < -0.4 is 27.6 Å². The molecule has 126 valence electrons. The summed E-state index contributed by atoms with van der Waals surface area (Å²) in [5, 5.41) is 9.83. The lowest BCUT2D eigenvalue weighted by atomic mass is 9.11. The number of Topliss-reactive ketones (excluding diaryl/α,β-unsaturated/α-hetero) is 1. The number of nitrogens with two attached hydrogens (primary N) is 1. The fraction of sp³-hybridized carbons (Fsp3) is 0.417. The van der Waals surface area contributed by atoms with Crippen molar-refractivity contribution in [2.45, 2.75) is 27.3 Å². The van der Waals surface area contributed by atoms with E-state index in [9.17, 15) is 9.90 Å². The van der Waals surface area contributed by atoms with Gasteiger partial charge < -0.3 is 10.8 Å². The molecule has 0 spiro atoms. The van der Waals surface area contributed by atoms with Crippen LogP contribution in [0, 0.1) is 0 Å². The van der Waals surface area contributed by atoms with Crippen molar-refractivity contribution in [2.24, 2.45) is 5.73 Å². The lowest BCUT2D eigenvalue weighted by molar-refractivity contribution is -0.138. The molecule has 1 saturated carbocycles. The van der Waals surface area contributed by atoms with Gasteiger partial charge in [0.1, 0.15) is 68.9 Å². The predicted octanol–water partition coefficient (Wildman–Crippen LogP) is -11.4. The molecule has 0 aliphatic heterocycles. The maximum atomic E-state index is 13.5. The topological polar surface area (TPSA) is 63.3 Å². The molecule has 0 heterocycles. The van der Waals surface area contributed by atoms with E-state index in [2.05, 4.69) is 15.7 Å². The number of carbonyl (C=O) groups is 1. The number of rotatable bonds is 1. The third kappa shape index (κ3) is 2.32. The zero-order chi connectivity index (χ0) is 20.6. The minimum absolute atomic E-state index is 0.348. The smallest absolute Gasteiger partial charge is 0.183 e. The van der Waals surface area contributed by atoms with E-state index in [1.54, 1.807) is 0 Å². The Morgan fingerprint density at radius 3 is 1.73 bits per heavy atom. The Labute approximate surface area is 171 Å². The summed E-state index contributed by atoms with van der Waals surface area (Å²) in [6, 6.07) is 0. The second-order valence-corrected chi connectivity index (χ2v) is 10.1. The summed E-state index contributed by atoms with van der Waals surface area (Å²) >= 11 is 6.79. The van der Waals surface area contributed by atoms with Crippen molar-refractivity contribution < 1.29 is 9.90 Å². The first-order valence-corrected chi connectivity index (χ1v) is 9.65. The van der Waals surface area contributed by atoms with Crippen LogP contribution in [-0.4, -0.2) is 95.5 Å². The lowest BCUT2D eigenvalue weighted by Gasteiger charge is -2.66. The Kier molecular flexibility index (Phi) is 5.19. The minimum atomic E-state index is -1.38. The van der Waals surface area contributed by atoms with Crippen LogP contribution in [0.1, 0.15) is 5.56 Å². The molecule has 3 N–H and O–H groups in total. The van der Waals surface area contributed by atoms with Crippen LogP contribution in [0.2, 0.25) is 20.7 Å². The highest BCUT2D eigenvalue weighted by molar-refractivity contribution is 6.67. The largest absolute Gasteiger partial charge is 0.386 e. The number of benzene rings is 1. The number of carbonyl (C=O) groups excluding carboxylic acids is 1. The highest BCUT2D eigenvalue weighted by Gasteiger charge is 2.67. The number of halogens is 1. The molecule has 14 heteroatoms. The molecule has 1 aliphatic carbocycles. The molecular weight excluding hydrogens is 334 g/mol. The maximum Gasteiger partial charge on any atom is 0.183 e. The molecule has 2 unspecified atom stereocenters. The van der Waals surface area contributed by atoms with Crippen LogP contribution in [-0.2, 0) is 10.3 Å². The Morgan fingerprint density at radius 1 is 0.846 bits per heavy atom. The number of aliphatic hydroxyl groups excluding tert-OH is 1. The summed E-state index contributed by atoms with van der Waals surface area (Å²) in [5.41, 5.74) is 10.3. The Bertz CT molecular complexity index is 785. The van der Waals surface area contributed by atoms with Crippen LogP contribution in [0.25, 0.3) is 0 Å². The molecule has 0 saturated heterocycles. The van der Waals surface area contributed by atoms with Crippen LogP contribution in [0.15, 0.2) is 0 Å². The molecule has 0 amide bonds. The van der Waals surface area contributed by atoms with E-state index in [1.165, 1.54) is 0 Å². The molecule has 1 fully saturated rings. The normalized spacial score (nSPS) is 29.3. The van der Waals surface area contributed by atoms with Gasteiger partial charge in [-0.2, -0.15) is 0 Å². The van der Waals surface area contributed by atoms with Crippen molar-refractivity contribution in [3.8, 4) is 0 Å². The molecule has 0 aromatic heterocycles. The summed E-state index contributed by atoms with van der Waals surface area (Å²) in [6.07, 6.45) is -1.16. The lowest BCUT2D eigenvalue weighted by Crippen LogP contribution is -2.73. The first kappa shape index (κ1) is 22.0. The van der Waals surface area contributed by atoms with Crippen LogP contribution >= 0.6 is 11.6 Å². The number of hydrogen-bond donors (Lipinski definition) is 2. The van der Waals surface area contributed by atoms with Gasteiger partial charge in [0, 0.05) is 5.02 Å². The molecule has 1 aromatic carbocycles. The zero-order valence-electron chi connectivity index (χ0n) is 17.9. The van der Waals surface area contributed by atoms with Crippen molar-refractivity contribution >= 4 is 118 Å². The summed E-state index contributed by atoms with van der Waals surface area (Å²) in [6.45, 7) is 0. The standard InChI is InChI=1S/C12H24B10ClNO2/c13-2-1(6(23)5(16)4(15)3(2)14)9(24)7(25)8(26)10(17,18)12(21,22)11(9,19)20/h8,26H,13-22,24H2. The molecule has 2 rings (SSSR count). The average molecular weight is 358 g/mol. The molecule has 0 radical (unpaired) electrons. The minimum Gasteiger partial charge on any atom is -0.386 e. The van der Waals surface area contributed by atoms with E-state index in [4.69, 9.17) is 17.3 Å². The van der Waals surface area contributed by atoms with Gasteiger partial charge in [-0.05, 0) is 5.56 Å². The van der Waals surface area contributed by atoms with E-state index in [-0.39, 0.29) is 5.78 Å². The van der Waals surface area contributed by atoms with Crippen molar-refractivity contribution in [3.05, 3.63) is 10.6 Å².